The number of benzene rings is 1. The number of ether oxygens (including phenoxy) is 2. The van der Waals surface area contributed by atoms with Crippen molar-refractivity contribution in [2.75, 3.05) is 7.11 Å². The maximum Gasteiger partial charge on any atom is 0.377 e. The molecule has 124 valence electrons. The summed E-state index contributed by atoms with van der Waals surface area (Å²) in [6.07, 6.45) is 1.09. The van der Waals surface area contributed by atoms with E-state index in [0.717, 1.165) is 17.2 Å². The van der Waals surface area contributed by atoms with Crippen molar-refractivity contribution >= 4 is 11.9 Å². The topological polar surface area (TPSA) is 65.1 Å². The van der Waals surface area contributed by atoms with Gasteiger partial charge in [0.1, 0.15) is 0 Å². The molecule has 1 aromatic rings. The second-order valence-corrected chi connectivity index (χ2v) is 5.83. The fourth-order valence-electron chi connectivity index (χ4n) is 2.28. The molecule has 1 atom stereocenters. The third-order valence-corrected chi connectivity index (χ3v) is 3.48. The summed E-state index contributed by atoms with van der Waals surface area (Å²) < 4.78 is 10.3. The van der Waals surface area contributed by atoms with Crippen molar-refractivity contribution in [3.63, 3.8) is 0 Å². The van der Waals surface area contributed by atoms with Gasteiger partial charge in [0.05, 0.1) is 19.2 Å². The van der Waals surface area contributed by atoms with Crippen LogP contribution in [0.15, 0.2) is 36.1 Å². The van der Waals surface area contributed by atoms with Crippen LogP contribution in [0.5, 0.6) is 0 Å². The standard InChI is InChI=1S/C17H21NO5/c1-11-6-8-13(9-7-11)12(2)18(21-5)15(19)10-14-16(20)23-17(3,4)22-14/h6-10,12H,1-5H3/b14-10-. The molecule has 0 N–H and O–H groups in total. The van der Waals surface area contributed by atoms with Crippen molar-refractivity contribution in [1.82, 2.24) is 5.06 Å². The zero-order chi connectivity index (χ0) is 17.2. The van der Waals surface area contributed by atoms with E-state index in [1.807, 2.05) is 38.1 Å². The van der Waals surface area contributed by atoms with Crippen LogP contribution >= 0.6 is 0 Å². The normalized spacial score (nSPS) is 19.2. The molecule has 1 saturated heterocycles. The molecule has 1 aliphatic rings. The SMILES string of the molecule is CON(C(=O)/C=C1\OC(C)(C)OC1=O)C(C)c1ccc(C)cc1. The number of hydrogen-bond acceptors (Lipinski definition) is 5. The van der Waals surface area contributed by atoms with Crippen LogP contribution in [0.3, 0.4) is 0 Å². The van der Waals surface area contributed by atoms with E-state index in [1.165, 1.54) is 12.2 Å². The predicted octanol–water partition coefficient (Wildman–Crippen LogP) is 2.64. The van der Waals surface area contributed by atoms with E-state index in [9.17, 15) is 9.59 Å². The van der Waals surface area contributed by atoms with Crippen LogP contribution in [0.1, 0.15) is 37.9 Å². The molecule has 1 amide bonds. The Morgan fingerprint density at radius 2 is 1.87 bits per heavy atom. The average Bonchev–Trinajstić information content (AvgIpc) is 2.72. The van der Waals surface area contributed by atoms with E-state index in [1.54, 1.807) is 13.8 Å². The summed E-state index contributed by atoms with van der Waals surface area (Å²) in [5, 5.41) is 1.18. The first-order valence-electron chi connectivity index (χ1n) is 7.31. The van der Waals surface area contributed by atoms with Crippen LogP contribution in [-0.4, -0.2) is 29.8 Å². The van der Waals surface area contributed by atoms with Gasteiger partial charge in [0.2, 0.25) is 11.5 Å². The van der Waals surface area contributed by atoms with Crippen molar-refractivity contribution in [3.8, 4) is 0 Å². The minimum Gasteiger partial charge on any atom is -0.445 e. The fourth-order valence-corrected chi connectivity index (χ4v) is 2.28. The Bertz CT molecular complexity index is 633. The molecule has 0 saturated carbocycles. The molecule has 0 aliphatic carbocycles. The number of nitrogens with zero attached hydrogens (tertiary/aromatic N) is 1. The number of carbonyl (C=O) groups excluding carboxylic acids is 2. The summed E-state index contributed by atoms with van der Waals surface area (Å²) in [6.45, 7) is 7.02. The Hall–Kier alpha value is -2.34. The van der Waals surface area contributed by atoms with Gasteiger partial charge in [0.15, 0.2) is 0 Å². The molecule has 0 bridgehead atoms. The van der Waals surface area contributed by atoms with Crippen molar-refractivity contribution in [3.05, 3.63) is 47.2 Å². The molecule has 6 nitrogen and oxygen atoms in total. The van der Waals surface area contributed by atoms with Gasteiger partial charge in [-0.2, -0.15) is 0 Å². The maximum absolute atomic E-state index is 12.4. The summed E-state index contributed by atoms with van der Waals surface area (Å²) in [4.78, 5) is 29.3. The lowest BCUT2D eigenvalue weighted by Crippen LogP contribution is -2.31. The number of esters is 1. The number of cyclic esters (lactones) is 1. The van der Waals surface area contributed by atoms with E-state index in [-0.39, 0.29) is 11.8 Å². The van der Waals surface area contributed by atoms with Gasteiger partial charge in [-0.15, -0.1) is 0 Å². The number of aryl methyl sites for hydroxylation is 1. The lowest BCUT2D eigenvalue weighted by molar-refractivity contribution is -0.182. The first-order chi connectivity index (χ1) is 10.7. The van der Waals surface area contributed by atoms with Gasteiger partial charge in [-0.1, -0.05) is 29.8 Å². The summed E-state index contributed by atoms with van der Waals surface area (Å²) in [5.41, 5.74) is 2.04. The minimum atomic E-state index is -1.07. The van der Waals surface area contributed by atoms with Crippen molar-refractivity contribution in [2.45, 2.75) is 39.5 Å². The van der Waals surface area contributed by atoms with E-state index in [2.05, 4.69) is 0 Å². The van der Waals surface area contributed by atoms with Crippen molar-refractivity contribution in [2.24, 2.45) is 0 Å². The molecule has 1 fully saturated rings. The lowest BCUT2D eigenvalue weighted by Gasteiger charge is -2.25. The smallest absolute Gasteiger partial charge is 0.377 e. The Balaban J connectivity index is 2.18. The lowest BCUT2D eigenvalue weighted by atomic mass is 10.1. The van der Waals surface area contributed by atoms with Crippen LogP contribution in [-0.2, 0) is 23.9 Å². The molecular formula is C17H21NO5. The predicted molar refractivity (Wildman–Crippen MR) is 82.8 cm³/mol. The zero-order valence-electron chi connectivity index (χ0n) is 14.0. The first kappa shape index (κ1) is 17.0. The van der Waals surface area contributed by atoms with Gasteiger partial charge in [0, 0.05) is 13.8 Å². The van der Waals surface area contributed by atoms with E-state index < -0.39 is 17.7 Å². The van der Waals surface area contributed by atoms with Gasteiger partial charge in [-0.3, -0.25) is 9.63 Å². The molecule has 6 heteroatoms. The summed E-state index contributed by atoms with van der Waals surface area (Å²) in [7, 11) is 1.40. The highest BCUT2D eigenvalue weighted by Gasteiger charge is 2.38. The van der Waals surface area contributed by atoms with Crippen molar-refractivity contribution < 1.29 is 23.9 Å². The molecule has 23 heavy (non-hydrogen) atoms. The second-order valence-electron chi connectivity index (χ2n) is 5.83. The highest BCUT2D eigenvalue weighted by atomic mass is 16.8. The Morgan fingerprint density at radius 3 is 2.35 bits per heavy atom. The summed E-state index contributed by atoms with van der Waals surface area (Å²) in [6, 6.07) is 7.45. The Kier molecular flexibility index (Phi) is 4.75. The fraction of sp³-hybridized carbons (Fsp3) is 0.412. The van der Waals surface area contributed by atoms with Crippen LogP contribution < -0.4 is 0 Å². The zero-order valence-corrected chi connectivity index (χ0v) is 14.0. The molecule has 1 aliphatic heterocycles. The number of amides is 1. The molecule has 0 spiro atoms. The van der Waals surface area contributed by atoms with Gasteiger partial charge >= 0.3 is 5.97 Å². The third kappa shape index (κ3) is 3.90. The molecule has 1 unspecified atom stereocenters. The first-order valence-corrected chi connectivity index (χ1v) is 7.31. The van der Waals surface area contributed by atoms with Crippen LogP contribution in [0.2, 0.25) is 0 Å². The molecule has 0 aromatic heterocycles. The maximum atomic E-state index is 12.4. The molecule has 1 heterocycles. The number of rotatable bonds is 4. The van der Waals surface area contributed by atoms with Crippen LogP contribution in [0.4, 0.5) is 0 Å². The van der Waals surface area contributed by atoms with E-state index in [4.69, 9.17) is 14.3 Å². The van der Waals surface area contributed by atoms with E-state index >= 15 is 0 Å². The quantitative estimate of drug-likeness (QED) is 0.485. The largest absolute Gasteiger partial charge is 0.445 e. The molecule has 2 rings (SSSR count). The summed E-state index contributed by atoms with van der Waals surface area (Å²) in [5.74, 6) is -2.35. The number of carbonyl (C=O) groups is 2. The Labute approximate surface area is 135 Å². The number of hydroxylamine groups is 2. The second kappa shape index (κ2) is 6.42. The van der Waals surface area contributed by atoms with Crippen LogP contribution in [0.25, 0.3) is 0 Å². The van der Waals surface area contributed by atoms with E-state index in [0.29, 0.717) is 0 Å². The average molecular weight is 319 g/mol. The van der Waals surface area contributed by atoms with Crippen LogP contribution in [0, 0.1) is 6.92 Å². The van der Waals surface area contributed by atoms with Gasteiger partial charge in [-0.05, 0) is 19.4 Å². The third-order valence-electron chi connectivity index (χ3n) is 3.48. The Morgan fingerprint density at radius 1 is 1.26 bits per heavy atom. The molecular weight excluding hydrogens is 298 g/mol. The van der Waals surface area contributed by atoms with Crippen molar-refractivity contribution in [1.29, 1.82) is 0 Å². The van der Waals surface area contributed by atoms with Gasteiger partial charge in [0.25, 0.3) is 5.91 Å². The molecule has 0 radical (unpaired) electrons. The monoisotopic (exact) mass is 319 g/mol. The summed E-state index contributed by atoms with van der Waals surface area (Å²) >= 11 is 0. The molecule has 1 aromatic carbocycles. The highest BCUT2D eigenvalue weighted by molar-refractivity contribution is 5.97. The minimum absolute atomic E-state index is 0.127. The number of hydrogen-bond donors (Lipinski definition) is 0. The highest BCUT2D eigenvalue weighted by Crippen LogP contribution is 2.27. The van der Waals surface area contributed by atoms with Gasteiger partial charge < -0.3 is 9.47 Å². The van der Waals surface area contributed by atoms with Gasteiger partial charge in [-0.25, -0.2) is 9.86 Å².